The van der Waals surface area contributed by atoms with Crippen molar-refractivity contribution in [2.45, 2.75) is 5.60 Å². The topological polar surface area (TPSA) is 67.8 Å². The number of benzene rings is 1. The fraction of sp³-hybridized carbons (Fsp3) is 0.533. The maximum Gasteiger partial charge on any atom is 0.258 e. The molecule has 1 fully saturated rings. The highest BCUT2D eigenvalue weighted by Crippen LogP contribution is 2.29. The number of amides is 1. The maximum atomic E-state index is 12.5. The van der Waals surface area contributed by atoms with Gasteiger partial charge in [0.15, 0.2) is 0 Å². The first-order chi connectivity index (χ1) is 10.6. The number of nitrogens with one attached hydrogen (secondary N) is 1. The SMILES string of the molecule is COc1cccc(OC)c1C(=O)NCC1(O)CSCCSC1. The quantitative estimate of drug-likeness (QED) is 0.847. The summed E-state index contributed by atoms with van der Waals surface area (Å²) in [5.41, 5.74) is -0.526. The molecule has 0 saturated carbocycles. The van der Waals surface area contributed by atoms with Crippen LogP contribution in [0.15, 0.2) is 18.2 Å². The van der Waals surface area contributed by atoms with E-state index in [1.54, 1.807) is 41.7 Å². The first-order valence-electron chi connectivity index (χ1n) is 6.97. The molecule has 0 spiro atoms. The Balaban J connectivity index is 2.09. The van der Waals surface area contributed by atoms with Crippen molar-refractivity contribution in [2.75, 3.05) is 43.8 Å². The number of aliphatic hydroxyl groups is 1. The lowest BCUT2D eigenvalue weighted by molar-refractivity contribution is 0.0749. The van der Waals surface area contributed by atoms with Crippen molar-refractivity contribution < 1.29 is 19.4 Å². The van der Waals surface area contributed by atoms with Gasteiger partial charge in [-0.15, -0.1) is 0 Å². The van der Waals surface area contributed by atoms with E-state index in [0.717, 1.165) is 11.5 Å². The Hall–Kier alpha value is -1.05. The molecule has 2 N–H and O–H groups in total. The molecule has 0 bridgehead atoms. The summed E-state index contributed by atoms with van der Waals surface area (Å²) in [6.07, 6.45) is 0. The van der Waals surface area contributed by atoms with Gasteiger partial charge in [0.1, 0.15) is 17.1 Å². The van der Waals surface area contributed by atoms with Gasteiger partial charge in [-0.2, -0.15) is 23.5 Å². The molecule has 0 aromatic heterocycles. The Kier molecular flexibility index (Phi) is 6.28. The summed E-state index contributed by atoms with van der Waals surface area (Å²) >= 11 is 3.43. The lowest BCUT2D eigenvalue weighted by Crippen LogP contribution is -2.46. The van der Waals surface area contributed by atoms with Crippen molar-refractivity contribution in [2.24, 2.45) is 0 Å². The van der Waals surface area contributed by atoms with Gasteiger partial charge in [-0.3, -0.25) is 4.79 Å². The van der Waals surface area contributed by atoms with Crippen molar-refractivity contribution in [3.63, 3.8) is 0 Å². The minimum absolute atomic E-state index is 0.215. The molecule has 0 radical (unpaired) electrons. The van der Waals surface area contributed by atoms with Gasteiger partial charge in [-0.1, -0.05) is 6.07 Å². The largest absolute Gasteiger partial charge is 0.496 e. The molecule has 0 aliphatic carbocycles. The number of carbonyl (C=O) groups is 1. The number of hydrogen-bond acceptors (Lipinski definition) is 6. The summed E-state index contributed by atoms with van der Waals surface area (Å²) < 4.78 is 10.5. The van der Waals surface area contributed by atoms with Crippen molar-refractivity contribution in [3.05, 3.63) is 23.8 Å². The molecule has 0 atom stereocenters. The average molecular weight is 343 g/mol. The van der Waals surface area contributed by atoms with Crippen LogP contribution in [0.5, 0.6) is 11.5 Å². The summed E-state index contributed by atoms with van der Waals surface area (Å²) in [5.74, 6) is 3.92. The molecule has 22 heavy (non-hydrogen) atoms. The Morgan fingerprint density at radius 3 is 2.27 bits per heavy atom. The molecule has 1 amide bonds. The highest BCUT2D eigenvalue weighted by Gasteiger charge is 2.30. The van der Waals surface area contributed by atoms with Crippen LogP contribution >= 0.6 is 23.5 Å². The third-order valence-corrected chi connectivity index (χ3v) is 6.07. The molecular formula is C15H21NO4S2. The molecule has 1 aliphatic rings. The third kappa shape index (κ3) is 4.24. The van der Waals surface area contributed by atoms with Crippen molar-refractivity contribution >= 4 is 29.4 Å². The number of methoxy groups -OCH3 is 2. The van der Waals surface area contributed by atoms with Gasteiger partial charge in [0, 0.05) is 29.6 Å². The predicted molar refractivity (Wildman–Crippen MR) is 91.5 cm³/mol. The zero-order valence-electron chi connectivity index (χ0n) is 12.8. The summed E-state index contributed by atoms with van der Waals surface area (Å²) in [4.78, 5) is 12.5. The number of ether oxygens (including phenoxy) is 2. The molecule has 1 aromatic carbocycles. The van der Waals surface area contributed by atoms with E-state index in [4.69, 9.17) is 9.47 Å². The number of carbonyl (C=O) groups excluding carboxylic acids is 1. The predicted octanol–water partition coefficient (Wildman–Crippen LogP) is 1.64. The van der Waals surface area contributed by atoms with E-state index in [9.17, 15) is 9.90 Å². The van der Waals surface area contributed by atoms with Crippen LogP contribution in [0, 0.1) is 0 Å². The highest BCUT2D eigenvalue weighted by molar-refractivity contribution is 8.03. The summed E-state index contributed by atoms with van der Waals surface area (Å²) in [5, 5.41) is 13.4. The Bertz CT molecular complexity index is 494. The fourth-order valence-electron chi connectivity index (χ4n) is 2.19. The molecule has 1 heterocycles. The second-order valence-electron chi connectivity index (χ2n) is 5.05. The molecule has 1 saturated heterocycles. The number of hydrogen-bond donors (Lipinski definition) is 2. The average Bonchev–Trinajstić information content (AvgIpc) is 2.77. The Labute approximate surface area is 139 Å². The molecule has 0 unspecified atom stereocenters. The molecule has 2 rings (SSSR count). The lowest BCUT2D eigenvalue weighted by Gasteiger charge is -2.26. The van der Waals surface area contributed by atoms with Gasteiger partial charge < -0.3 is 19.9 Å². The Morgan fingerprint density at radius 2 is 1.77 bits per heavy atom. The van der Waals surface area contributed by atoms with E-state index in [-0.39, 0.29) is 12.5 Å². The van der Waals surface area contributed by atoms with E-state index >= 15 is 0 Å². The van der Waals surface area contributed by atoms with Crippen LogP contribution in [-0.4, -0.2) is 60.4 Å². The van der Waals surface area contributed by atoms with Gasteiger partial charge in [-0.25, -0.2) is 0 Å². The van der Waals surface area contributed by atoms with Gasteiger partial charge in [0.05, 0.1) is 19.8 Å². The molecule has 122 valence electrons. The van der Waals surface area contributed by atoms with Gasteiger partial charge >= 0.3 is 0 Å². The second-order valence-corrected chi connectivity index (χ2v) is 7.26. The van der Waals surface area contributed by atoms with Crippen LogP contribution in [0.2, 0.25) is 0 Å². The van der Waals surface area contributed by atoms with Crippen LogP contribution in [-0.2, 0) is 0 Å². The van der Waals surface area contributed by atoms with E-state index in [0.29, 0.717) is 28.6 Å². The molecular weight excluding hydrogens is 322 g/mol. The zero-order valence-corrected chi connectivity index (χ0v) is 14.4. The van der Waals surface area contributed by atoms with Gasteiger partial charge in [0.25, 0.3) is 5.91 Å². The van der Waals surface area contributed by atoms with Crippen molar-refractivity contribution in [1.82, 2.24) is 5.32 Å². The van der Waals surface area contributed by atoms with Crippen LogP contribution in [0.4, 0.5) is 0 Å². The van der Waals surface area contributed by atoms with Crippen molar-refractivity contribution in [3.8, 4) is 11.5 Å². The van der Waals surface area contributed by atoms with Crippen LogP contribution < -0.4 is 14.8 Å². The smallest absolute Gasteiger partial charge is 0.258 e. The lowest BCUT2D eigenvalue weighted by atomic mass is 10.1. The standard InChI is InChI=1S/C15H21NO4S2/c1-19-11-4-3-5-12(20-2)13(11)14(17)16-8-15(18)9-21-6-7-22-10-15/h3-5,18H,6-10H2,1-2H3,(H,16,17). The number of rotatable bonds is 5. The van der Waals surface area contributed by atoms with E-state index in [1.807, 2.05) is 0 Å². The van der Waals surface area contributed by atoms with E-state index < -0.39 is 5.60 Å². The molecule has 1 aromatic rings. The number of thioether (sulfide) groups is 2. The minimum Gasteiger partial charge on any atom is -0.496 e. The van der Waals surface area contributed by atoms with Gasteiger partial charge in [-0.05, 0) is 12.1 Å². The second kappa shape index (κ2) is 7.99. The molecule has 5 nitrogen and oxygen atoms in total. The monoisotopic (exact) mass is 343 g/mol. The minimum atomic E-state index is -0.878. The van der Waals surface area contributed by atoms with Crippen LogP contribution in [0.1, 0.15) is 10.4 Å². The first kappa shape index (κ1) is 17.3. The summed E-state index contributed by atoms with van der Waals surface area (Å²) in [6.45, 7) is 0.215. The highest BCUT2D eigenvalue weighted by atomic mass is 32.2. The third-order valence-electron chi connectivity index (χ3n) is 3.35. The van der Waals surface area contributed by atoms with Crippen LogP contribution in [0.3, 0.4) is 0 Å². The molecule has 7 heteroatoms. The fourth-order valence-corrected chi connectivity index (χ4v) is 4.72. The normalized spacial score (nSPS) is 17.4. The van der Waals surface area contributed by atoms with E-state index in [1.165, 1.54) is 14.2 Å². The first-order valence-corrected chi connectivity index (χ1v) is 9.27. The zero-order chi connectivity index (χ0) is 16.0. The Morgan fingerprint density at radius 1 is 1.23 bits per heavy atom. The summed E-state index contributed by atoms with van der Waals surface area (Å²) in [6, 6.07) is 5.19. The van der Waals surface area contributed by atoms with E-state index in [2.05, 4.69) is 5.32 Å². The van der Waals surface area contributed by atoms with Crippen LogP contribution in [0.25, 0.3) is 0 Å². The maximum absolute atomic E-state index is 12.5. The summed E-state index contributed by atoms with van der Waals surface area (Å²) in [7, 11) is 3.02. The van der Waals surface area contributed by atoms with Gasteiger partial charge in [0.2, 0.25) is 0 Å². The molecule has 1 aliphatic heterocycles. The van der Waals surface area contributed by atoms with Crippen molar-refractivity contribution in [1.29, 1.82) is 0 Å².